The predicted molar refractivity (Wildman–Crippen MR) is 71.0 cm³/mol. The molecule has 1 heterocycles. The van der Waals surface area contributed by atoms with E-state index in [1.54, 1.807) is 11.1 Å². The lowest BCUT2D eigenvalue weighted by Crippen LogP contribution is -2.49. The normalized spacial score (nSPS) is 29.9. The number of likely N-dealkylation sites (tertiary alicyclic amines) is 1. The minimum absolute atomic E-state index is 0.404. The van der Waals surface area contributed by atoms with Gasteiger partial charge in [0, 0.05) is 18.6 Å². The van der Waals surface area contributed by atoms with Gasteiger partial charge in [0.05, 0.1) is 0 Å². The van der Waals surface area contributed by atoms with Gasteiger partial charge in [0.2, 0.25) is 0 Å². The molecule has 1 aliphatic heterocycles. The van der Waals surface area contributed by atoms with Crippen molar-refractivity contribution in [2.24, 2.45) is 5.73 Å². The molecule has 2 unspecified atom stereocenters. The van der Waals surface area contributed by atoms with E-state index in [0.29, 0.717) is 6.04 Å². The summed E-state index contributed by atoms with van der Waals surface area (Å²) in [6, 6.07) is 10.1. The van der Waals surface area contributed by atoms with Crippen molar-refractivity contribution in [2.75, 3.05) is 13.1 Å². The highest BCUT2D eigenvalue weighted by molar-refractivity contribution is 5.30. The summed E-state index contributed by atoms with van der Waals surface area (Å²) in [5.41, 5.74) is 9.20. The number of nitrogens with zero attached hydrogens (tertiary/aromatic N) is 1. The molecule has 0 radical (unpaired) electrons. The first kappa shape index (κ1) is 11.2. The molecule has 17 heavy (non-hydrogen) atoms. The van der Waals surface area contributed by atoms with Gasteiger partial charge in [-0.3, -0.25) is 4.90 Å². The standard InChI is InChI=1S/C15H22N2/c16-14-6-3-9-17(11-14)15-8-7-12-4-1-2-5-13(12)10-15/h1-2,4-5,14-15H,3,6-11,16H2. The third kappa shape index (κ3) is 2.38. The Bertz CT molecular complexity index is 388. The van der Waals surface area contributed by atoms with Crippen molar-refractivity contribution < 1.29 is 0 Å². The molecule has 2 aliphatic rings. The monoisotopic (exact) mass is 230 g/mol. The Balaban J connectivity index is 1.71. The van der Waals surface area contributed by atoms with Gasteiger partial charge in [0.15, 0.2) is 0 Å². The summed E-state index contributed by atoms with van der Waals surface area (Å²) in [5, 5.41) is 0. The lowest BCUT2D eigenvalue weighted by molar-refractivity contribution is 0.137. The number of piperidine rings is 1. The number of hydrogen-bond acceptors (Lipinski definition) is 2. The molecule has 1 fully saturated rings. The number of aryl methyl sites for hydroxylation is 1. The van der Waals surface area contributed by atoms with Crippen molar-refractivity contribution in [1.82, 2.24) is 4.90 Å². The van der Waals surface area contributed by atoms with Gasteiger partial charge in [-0.15, -0.1) is 0 Å². The van der Waals surface area contributed by atoms with E-state index in [2.05, 4.69) is 29.2 Å². The summed E-state index contributed by atoms with van der Waals surface area (Å²) in [5.74, 6) is 0. The summed E-state index contributed by atoms with van der Waals surface area (Å²) in [6.45, 7) is 2.35. The summed E-state index contributed by atoms with van der Waals surface area (Å²) in [7, 11) is 0. The first-order valence-electron chi connectivity index (χ1n) is 6.89. The Hall–Kier alpha value is -0.860. The zero-order chi connectivity index (χ0) is 11.7. The van der Waals surface area contributed by atoms with Crippen LogP contribution in [-0.4, -0.2) is 30.1 Å². The summed E-state index contributed by atoms with van der Waals surface area (Å²) in [4.78, 5) is 2.63. The maximum Gasteiger partial charge on any atom is 0.0168 e. The molecule has 2 N–H and O–H groups in total. The second kappa shape index (κ2) is 4.79. The van der Waals surface area contributed by atoms with E-state index in [0.717, 1.165) is 12.6 Å². The number of benzene rings is 1. The van der Waals surface area contributed by atoms with Gasteiger partial charge in [0.1, 0.15) is 0 Å². The zero-order valence-corrected chi connectivity index (χ0v) is 10.4. The van der Waals surface area contributed by atoms with Gasteiger partial charge >= 0.3 is 0 Å². The van der Waals surface area contributed by atoms with Crippen LogP contribution in [-0.2, 0) is 12.8 Å². The molecule has 0 spiro atoms. The van der Waals surface area contributed by atoms with Gasteiger partial charge in [-0.2, -0.15) is 0 Å². The molecular weight excluding hydrogens is 208 g/mol. The maximum atomic E-state index is 6.08. The second-order valence-electron chi connectivity index (χ2n) is 5.56. The molecule has 1 saturated heterocycles. The molecule has 92 valence electrons. The number of nitrogens with two attached hydrogens (primary N) is 1. The van der Waals surface area contributed by atoms with Crippen LogP contribution in [0.3, 0.4) is 0 Å². The fraction of sp³-hybridized carbons (Fsp3) is 0.600. The van der Waals surface area contributed by atoms with E-state index in [1.807, 2.05) is 0 Å². The molecule has 1 aromatic rings. The molecule has 0 aromatic heterocycles. The largest absolute Gasteiger partial charge is 0.327 e. The van der Waals surface area contributed by atoms with Crippen LogP contribution >= 0.6 is 0 Å². The lowest BCUT2D eigenvalue weighted by atomic mass is 9.86. The number of hydrogen-bond donors (Lipinski definition) is 1. The van der Waals surface area contributed by atoms with Crippen molar-refractivity contribution in [2.45, 2.75) is 44.2 Å². The molecule has 0 amide bonds. The average Bonchev–Trinajstić information content (AvgIpc) is 2.38. The van der Waals surface area contributed by atoms with E-state index in [4.69, 9.17) is 5.73 Å². The summed E-state index contributed by atoms with van der Waals surface area (Å²) >= 11 is 0. The molecule has 2 nitrogen and oxygen atoms in total. The van der Waals surface area contributed by atoms with Crippen LogP contribution in [0.2, 0.25) is 0 Å². The first-order chi connectivity index (χ1) is 8.33. The van der Waals surface area contributed by atoms with Crippen molar-refractivity contribution in [3.63, 3.8) is 0 Å². The summed E-state index contributed by atoms with van der Waals surface area (Å²) in [6.07, 6.45) is 6.26. The van der Waals surface area contributed by atoms with Gasteiger partial charge in [-0.05, 0) is 49.8 Å². The Labute approximate surface area is 104 Å². The van der Waals surface area contributed by atoms with Gasteiger partial charge < -0.3 is 5.73 Å². The van der Waals surface area contributed by atoms with Crippen LogP contribution in [0.5, 0.6) is 0 Å². The second-order valence-corrected chi connectivity index (χ2v) is 5.56. The van der Waals surface area contributed by atoms with Crippen molar-refractivity contribution in [1.29, 1.82) is 0 Å². The van der Waals surface area contributed by atoms with Crippen LogP contribution < -0.4 is 5.73 Å². The van der Waals surface area contributed by atoms with Crippen molar-refractivity contribution in [3.8, 4) is 0 Å². The van der Waals surface area contributed by atoms with Crippen LogP contribution in [0, 0.1) is 0 Å². The highest BCUT2D eigenvalue weighted by Gasteiger charge is 2.27. The van der Waals surface area contributed by atoms with E-state index in [-0.39, 0.29) is 0 Å². The van der Waals surface area contributed by atoms with Gasteiger partial charge in [-0.25, -0.2) is 0 Å². The molecule has 1 aliphatic carbocycles. The first-order valence-corrected chi connectivity index (χ1v) is 6.89. The zero-order valence-electron chi connectivity index (χ0n) is 10.4. The number of rotatable bonds is 1. The highest BCUT2D eigenvalue weighted by Crippen LogP contribution is 2.26. The third-order valence-electron chi connectivity index (χ3n) is 4.33. The molecule has 0 bridgehead atoms. The van der Waals surface area contributed by atoms with E-state index >= 15 is 0 Å². The topological polar surface area (TPSA) is 29.3 Å². The van der Waals surface area contributed by atoms with Crippen LogP contribution in [0.4, 0.5) is 0 Å². The average molecular weight is 230 g/mol. The quantitative estimate of drug-likeness (QED) is 0.799. The SMILES string of the molecule is NC1CCCN(C2CCc3ccccc3C2)C1. The summed E-state index contributed by atoms with van der Waals surface area (Å²) < 4.78 is 0. The fourth-order valence-corrected chi connectivity index (χ4v) is 3.36. The van der Waals surface area contributed by atoms with Crippen LogP contribution in [0.15, 0.2) is 24.3 Å². The lowest BCUT2D eigenvalue weighted by Gasteiger charge is -2.39. The minimum atomic E-state index is 0.404. The Morgan fingerprint density at radius 1 is 1.12 bits per heavy atom. The molecule has 3 rings (SSSR count). The van der Waals surface area contributed by atoms with Gasteiger partial charge in [0.25, 0.3) is 0 Å². The molecule has 1 aromatic carbocycles. The molecule has 2 atom stereocenters. The maximum absolute atomic E-state index is 6.08. The smallest absolute Gasteiger partial charge is 0.0168 e. The fourth-order valence-electron chi connectivity index (χ4n) is 3.36. The Morgan fingerprint density at radius 3 is 2.76 bits per heavy atom. The van der Waals surface area contributed by atoms with E-state index in [9.17, 15) is 0 Å². The Kier molecular flexibility index (Phi) is 3.17. The van der Waals surface area contributed by atoms with Crippen molar-refractivity contribution >= 4 is 0 Å². The third-order valence-corrected chi connectivity index (χ3v) is 4.33. The predicted octanol–water partition coefficient (Wildman–Crippen LogP) is 1.97. The van der Waals surface area contributed by atoms with Gasteiger partial charge in [-0.1, -0.05) is 24.3 Å². The molecule has 0 saturated carbocycles. The molecule has 2 heteroatoms. The van der Waals surface area contributed by atoms with E-state index < -0.39 is 0 Å². The number of fused-ring (bicyclic) bond motifs is 1. The highest BCUT2D eigenvalue weighted by atomic mass is 15.2. The van der Waals surface area contributed by atoms with Crippen LogP contribution in [0.1, 0.15) is 30.4 Å². The van der Waals surface area contributed by atoms with Crippen LogP contribution in [0.25, 0.3) is 0 Å². The van der Waals surface area contributed by atoms with E-state index in [1.165, 1.54) is 38.6 Å². The minimum Gasteiger partial charge on any atom is -0.327 e. The Morgan fingerprint density at radius 2 is 1.94 bits per heavy atom. The van der Waals surface area contributed by atoms with Crippen molar-refractivity contribution in [3.05, 3.63) is 35.4 Å². The molecular formula is C15H22N2.